The van der Waals surface area contributed by atoms with Crippen molar-refractivity contribution in [1.82, 2.24) is 17.9 Å². The van der Waals surface area contributed by atoms with Gasteiger partial charge < -0.3 is 9.13 Å². The molecule has 21 heteroatoms. The van der Waals surface area contributed by atoms with Crippen LogP contribution in [0.25, 0.3) is 147 Å². The number of thiophene rings is 6. The maximum atomic E-state index is 15.9. The smallest absolute Gasteiger partial charge is 0.270 e. The first-order valence-electron chi connectivity index (χ1n) is 55.7. The molecule has 14 aromatic rings. The van der Waals surface area contributed by atoms with Crippen molar-refractivity contribution in [3.05, 3.63) is 183 Å². The lowest BCUT2D eigenvalue weighted by Gasteiger charge is -2.22. The molecule has 145 heavy (non-hydrogen) atoms. The number of fused-ring (bicyclic) bond motifs is 18. The van der Waals surface area contributed by atoms with Crippen molar-refractivity contribution in [2.45, 2.75) is 390 Å². The number of Topliss-reactive ketones (excluding diaryl/α,β-unsaturated/α-hetero) is 2. The fraction of sp³-hybridized carbons (Fsp3) is 0.516. The van der Waals surface area contributed by atoms with E-state index in [1.54, 1.807) is 46.9 Å². The van der Waals surface area contributed by atoms with Crippen LogP contribution in [0.5, 0.6) is 0 Å². The number of nitrogens with zero attached hydrogens (tertiary/aromatic N) is 8. The van der Waals surface area contributed by atoms with E-state index in [1.165, 1.54) is 227 Å². The van der Waals surface area contributed by atoms with E-state index < -0.39 is 34.8 Å². The largest absolute Gasteiger partial charge is 0.337 e. The highest BCUT2D eigenvalue weighted by Gasteiger charge is 2.40. The van der Waals surface area contributed by atoms with Gasteiger partial charge in [-0.1, -0.05) is 338 Å². The Balaban J connectivity index is 1.00. The highest BCUT2D eigenvalue weighted by atomic mass is 32.1. The molecule has 4 unspecified atom stereocenters. The van der Waals surface area contributed by atoms with Gasteiger partial charge >= 0.3 is 0 Å². The topological polar surface area (TPSA) is 126 Å². The minimum Gasteiger partial charge on any atom is -0.337 e. The molecule has 2 aliphatic rings. The number of hydrogen-bond donors (Lipinski definition) is 0. The molecule has 0 fully saturated rings. The van der Waals surface area contributed by atoms with Crippen LogP contribution in [-0.4, -0.2) is 29.4 Å². The highest BCUT2D eigenvalue weighted by Crippen LogP contribution is 2.60. The number of carbonyl (C=O) groups is 2. The zero-order valence-corrected chi connectivity index (χ0v) is 92.6. The number of benzene rings is 5. The summed E-state index contributed by atoms with van der Waals surface area (Å²) in [6, 6.07) is 24.7. The maximum Gasteiger partial charge on any atom is 0.270 e. The third kappa shape index (κ3) is 24.6. The molecule has 0 saturated carbocycles. The quantitative estimate of drug-likeness (QED) is 0.0123. The van der Waals surface area contributed by atoms with Crippen molar-refractivity contribution in [2.24, 2.45) is 23.7 Å². The van der Waals surface area contributed by atoms with Crippen molar-refractivity contribution in [3.63, 3.8) is 0 Å². The molecular weight excluding hydrogens is 1930 g/mol. The minimum absolute atomic E-state index is 0.186. The standard InChI is InChI=1S/C124H146F4N8O2S7/c1-11-19-27-35-39-47-53-79(51-43-31-23-15-5)63-87-59-61-101(139-87)107-103(73-93-105(99(75-129)131-9)89-65-83-69-95(125)97(127)71-85(83)67-91(89)117(93)137)141-123-115-119(143-121(107)123)109-111-112(134-145-133-111)110-114(113(109)135(115)77-81(55-45-33-25-17-7)57-49-41-37-29-21-13-3)136(78-82(56-46-34-26-18-8)58-50-42-38-30-22-14-4)116-120(110)144-122-108(102-62-60-88(140-102)64-80(52-44-32-24-16-6)54-48-40-36-28-20-12-2)104(142-124(116)122)74-94-106(100(76-130)132-10)90-66-84-70-96(126)98(128)72-86(84)68-92(90)118(94)138/h59-62,65-74,79-82H,11-58,63-64,77-78H2,1-8H3/b93-73-,94-74-,105-99-,106-100+. The second-order valence-corrected chi connectivity index (χ2v) is 48.9. The Morgan fingerprint density at radius 1 is 0.352 bits per heavy atom. The molecule has 0 radical (unpaired) electrons. The molecule has 4 atom stereocenters. The van der Waals surface area contributed by atoms with E-state index in [0.29, 0.717) is 44.5 Å². The van der Waals surface area contributed by atoms with Gasteiger partial charge in [-0.05, 0) is 180 Å². The van der Waals surface area contributed by atoms with E-state index in [9.17, 15) is 10.5 Å². The molecule has 0 aliphatic heterocycles. The number of aromatic nitrogens is 4. The second kappa shape index (κ2) is 52.8. The zero-order valence-electron chi connectivity index (χ0n) is 86.9. The van der Waals surface area contributed by atoms with Gasteiger partial charge in [-0.15, -0.1) is 68.0 Å². The van der Waals surface area contributed by atoms with Crippen molar-refractivity contribution in [2.75, 3.05) is 0 Å². The summed E-state index contributed by atoms with van der Waals surface area (Å²) in [5.41, 5.74) is 9.60. The van der Waals surface area contributed by atoms with Crippen molar-refractivity contribution in [1.29, 1.82) is 10.5 Å². The number of unbranched alkanes of at least 4 members (excludes halogenated alkanes) is 32. The Morgan fingerprint density at radius 3 is 0.931 bits per heavy atom. The molecule has 0 saturated heterocycles. The molecule has 9 aromatic heterocycles. The summed E-state index contributed by atoms with van der Waals surface area (Å²) in [6.07, 6.45) is 62.4. The first kappa shape index (κ1) is 108. The summed E-state index contributed by atoms with van der Waals surface area (Å²) in [5, 5.41) is 25.8. The molecule has 2 aliphatic carbocycles. The van der Waals surface area contributed by atoms with E-state index in [2.05, 4.69) is 111 Å². The van der Waals surface area contributed by atoms with E-state index in [-0.39, 0.29) is 56.6 Å². The van der Waals surface area contributed by atoms with Gasteiger partial charge in [-0.2, -0.15) is 8.75 Å². The molecule has 0 amide bonds. The Morgan fingerprint density at radius 2 is 0.634 bits per heavy atom. The fourth-order valence-electron chi connectivity index (χ4n) is 23.4. The van der Waals surface area contributed by atoms with Crippen LogP contribution in [0.1, 0.15) is 415 Å². The molecule has 9 heterocycles. The average Bonchev–Trinajstić information content (AvgIpc) is 1.50. The number of carbonyl (C=O) groups excluding carboxylic acids is 2. The predicted molar refractivity (Wildman–Crippen MR) is 616 cm³/mol. The third-order valence-electron chi connectivity index (χ3n) is 31.2. The van der Waals surface area contributed by atoms with Crippen molar-refractivity contribution in [3.8, 4) is 33.0 Å². The molecule has 764 valence electrons. The normalized spacial score (nSPS) is 15.0. The SMILES string of the molecule is [C-]#[N+]/C(C#N)=C1\C(=C\c2sc3c(sc4c5c6nsnc6c6c7sc8c(-c9ccc(CC(CCCCCC)CCCCCCCC)s9)c(/C=C9\C(=O)c%10cc%11cc(F)c(F)cc%11cc%10\C9=C(\C#N)[N+]#[C-])sc8c7n(CC(CCCCCC)CCCCCCCC)c6c5n(CC(CCCCCC)CCCCCCCC)c34)c2-c2ccc(CC(CCCCCC)CCCCCCCC)s2)C(=O)c2cc3cc(F)c(F)cc3cc21. The molecule has 0 spiro atoms. The van der Waals surface area contributed by atoms with Crippen LogP contribution >= 0.6 is 79.7 Å². The summed E-state index contributed by atoms with van der Waals surface area (Å²) in [6.45, 7) is 37.0. The number of allylic oxidation sites excluding steroid dienone is 6. The van der Waals surface area contributed by atoms with E-state index >= 15 is 27.2 Å². The Bertz CT molecular complexity index is 6800. The summed E-state index contributed by atoms with van der Waals surface area (Å²) in [4.78, 5) is 46.0. The van der Waals surface area contributed by atoms with Crippen LogP contribution in [0.2, 0.25) is 0 Å². The predicted octanol–water partition coefficient (Wildman–Crippen LogP) is 42.1. The van der Waals surface area contributed by atoms with E-state index in [4.69, 9.17) is 21.9 Å². The maximum absolute atomic E-state index is 15.9. The molecule has 0 N–H and O–H groups in total. The van der Waals surface area contributed by atoms with E-state index in [1.807, 2.05) is 57.5 Å². The van der Waals surface area contributed by atoms with Gasteiger partial charge in [0.05, 0.1) is 87.3 Å². The minimum atomic E-state index is -1.04. The van der Waals surface area contributed by atoms with Crippen LogP contribution in [0.3, 0.4) is 0 Å². The van der Waals surface area contributed by atoms with E-state index in [0.717, 1.165) is 256 Å². The number of hydrogen-bond acceptors (Lipinski definition) is 13. The summed E-state index contributed by atoms with van der Waals surface area (Å²) >= 11 is 11.9. The number of ketones is 2. The first-order chi connectivity index (χ1) is 71.0. The van der Waals surface area contributed by atoms with Gasteiger partial charge in [-0.25, -0.2) is 37.8 Å². The molecule has 10 nitrogen and oxygen atoms in total. The number of nitriles is 2. The van der Waals surface area contributed by atoms with Gasteiger partial charge in [0.25, 0.3) is 11.4 Å². The van der Waals surface area contributed by atoms with Crippen LogP contribution in [-0.2, 0) is 25.9 Å². The monoisotopic (exact) mass is 2080 g/mol. The van der Waals surface area contributed by atoms with Gasteiger partial charge in [0, 0.05) is 97.7 Å². The average molecular weight is 2080 g/mol. The lowest BCUT2D eigenvalue weighted by atomic mass is 9.91. The first-order valence-corrected chi connectivity index (χ1v) is 61.3. The molecule has 0 bridgehead atoms. The van der Waals surface area contributed by atoms with Crippen molar-refractivity contribution < 1.29 is 27.2 Å². The summed E-state index contributed by atoms with van der Waals surface area (Å²) in [7, 11) is 0. The molecule has 5 aromatic carbocycles. The summed E-state index contributed by atoms with van der Waals surface area (Å²) < 4.78 is 85.1. The molecular formula is C124H146F4N8O2S7. The van der Waals surface area contributed by atoms with Crippen LogP contribution in [0.15, 0.2) is 95.3 Å². The van der Waals surface area contributed by atoms with Crippen LogP contribution < -0.4 is 0 Å². The molecule has 16 rings (SSSR count). The lowest BCUT2D eigenvalue weighted by Crippen LogP contribution is -2.14. The Hall–Kier alpha value is -9.26. The van der Waals surface area contributed by atoms with Gasteiger partial charge in [0.2, 0.25) is 0 Å². The summed E-state index contributed by atoms with van der Waals surface area (Å²) in [5.74, 6) is -3.38. The zero-order chi connectivity index (χ0) is 102. The van der Waals surface area contributed by atoms with Gasteiger partial charge in [0.15, 0.2) is 34.8 Å². The third-order valence-corrected chi connectivity index (χ3v) is 38.9. The highest BCUT2D eigenvalue weighted by molar-refractivity contribution is 7.36. The lowest BCUT2D eigenvalue weighted by molar-refractivity contribution is 0.103. The van der Waals surface area contributed by atoms with Gasteiger partial charge in [0.1, 0.15) is 11.0 Å². The van der Waals surface area contributed by atoms with Gasteiger partial charge in [-0.3, -0.25) is 9.59 Å². The second-order valence-electron chi connectivity index (χ2n) is 41.9. The number of halogens is 4. The fourth-order valence-corrected chi connectivity index (χ4v) is 32.4. The Kier molecular flexibility index (Phi) is 39.5. The van der Waals surface area contributed by atoms with Crippen LogP contribution in [0, 0.1) is 82.7 Å². The van der Waals surface area contributed by atoms with Crippen LogP contribution in [0.4, 0.5) is 17.6 Å². The Labute approximate surface area is 886 Å². The van der Waals surface area contributed by atoms with Crippen molar-refractivity contribution >= 4 is 208 Å². The number of rotatable bonds is 60.